The fourth-order valence-electron chi connectivity index (χ4n) is 3.66. The molecule has 1 saturated heterocycles. The Bertz CT molecular complexity index is 1090. The molecule has 2 heterocycles. The number of anilines is 2. The Hall–Kier alpha value is -3.39. The van der Waals surface area contributed by atoms with Gasteiger partial charge in [-0.2, -0.15) is 0 Å². The van der Waals surface area contributed by atoms with Crippen molar-refractivity contribution in [3.63, 3.8) is 0 Å². The van der Waals surface area contributed by atoms with Crippen LogP contribution >= 0.6 is 15.9 Å². The van der Waals surface area contributed by atoms with Crippen LogP contribution in [0.5, 0.6) is 5.75 Å². The van der Waals surface area contributed by atoms with Gasteiger partial charge in [0.15, 0.2) is 6.61 Å². The molecule has 0 spiro atoms. The molecule has 1 aliphatic rings. The lowest BCUT2D eigenvalue weighted by atomic mass is 10.2. The average Bonchev–Trinajstić information content (AvgIpc) is 3.10. The largest absolute Gasteiger partial charge is 0.484 e. The molecule has 0 aliphatic carbocycles. The lowest BCUT2D eigenvalue weighted by Crippen LogP contribution is -2.35. The van der Waals surface area contributed by atoms with Crippen LogP contribution in [0.15, 0.2) is 77.4 Å². The van der Waals surface area contributed by atoms with Crippen molar-refractivity contribution in [3.05, 3.63) is 83.0 Å². The van der Waals surface area contributed by atoms with Crippen molar-refractivity contribution in [2.24, 2.45) is 0 Å². The van der Waals surface area contributed by atoms with Gasteiger partial charge in [0.05, 0.1) is 11.9 Å². The van der Waals surface area contributed by atoms with Crippen LogP contribution in [0.3, 0.4) is 0 Å². The minimum absolute atomic E-state index is 0.0434. The molecule has 3 aromatic rings. The van der Waals surface area contributed by atoms with E-state index in [0.717, 1.165) is 23.3 Å². The molecule has 2 aromatic carbocycles. The molecule has 2 amide bonds. The van der Waals surface area contributed by atoms with Crippen LogP contribution in [0.25, 0.3) is 0 Å². The monoisotopic (exact) mass is 508 g/mol. The maximum atomic E-state index is 12.9. The first-order valence-electron chi connectivity index (χ1n) is 10.8. The van der Waals surface area contributed by atoms with E-state index in [9.17, 15) is 9.59 Å². The summed E-state index contributed by atoms with van der Waals surface area (Å²) in [5.41, 5.74) is 1.30. The highest BCUT2D eigenvalue weighted by atomic mass is 79.9. The number of ether oxygens (including phenoxy) is 1. The molecule has 170 valence electrons. The summed E-state index contributed by atoms with van der Waals surface area (Å²) >= 11 is 3.43. The number of para-hydroxylation sites is 1. The summed E-state index contributed by atoms with van der Waals surface area (Å²) in [6.07, 6.45) is 2.50. The molecule has 4 rings (SSSR count). The summed E-state index contributed by atoms with van der Waals surface area (Å²) in [6, 6.07) is 20.4. The van der Waals surface area contributed by atoms with Crippen molar-refractivity contribution in [2.75, 3.05) is 43.0 Å². The van der Waals surface area contributed by atoms with Crippen LogP contribution in [0, 0.1) is 0 Å². The fraction of sp³-hybridized carbons (Fsp3) is 0.240. The number of hydrogen-bond acceptors (Lipinski definition) is 5. The summed E-state index contributed by atoms with van der Waals surface area (Å²) in [7, 11) is 0. The number of nitrogens with zero attached hydrogens (tertiary/aromatic N) is 3. The Morgan fingerprint density at radius 1 is 0.970 bits per heavy atom. The van der Waals surface area contributed by atoms with Gasteiger partial charge in [-0.1, -0.05) is 40.2 Å². The highest BCUT2D eigenvalue weighted by Crippen LogP contribution is 2.19. The van der Waals surface area contributed by atoms with Gasteiger partial charge in [0.1, 0.15) is 11.6 Å². The summed E-state index contributed by atoms with van der Waals surface area (Å²) in [4.78, 5) is 33.6. The molecule has 8 heteroatoms. The molecule has 1 aliphatic heterocycles. The molecule has 1 fully saturated rings. The van der Waals surface area contributed by atoms with E-state index < -0.39 is 0 Å². The van der Waals surface area contributed by atoms with E-state index >= 15 is 0 Å². The Morgan fingerprint density at radius 2 is 1.82 bits per heavy atom. The Balaban J connectivity index is 1.29. The first-order chi connectivity index (χ1) is 16.1. The lowest BCUT2D eigenvalue weighted by Gasteiger charge is -2.23. The van der Waals surface area contributed by atoms with Gasteiger partial charge in [0, 0.05) is 36.2 Å². The second-order valence-corrected chi connectivity index (χ2v) is 8.61. The van der Waals surface area contributed by atoms with Crippen LogP contribution in [0.4, 0.5) is 11.5 Å². The van der Waals surface area contributed by atoms with E-state index in [0.29, 0.717) is 36.6 Å². The SMILES string of the molecule is O=C(COc1ccccc1)Nc1ccc(N2CCCN(C(=O)c3cccc(Br)c3)CC2)nc1. The lowest BCUT2D eigenvalue weighted by molar-refractivity contribution is -0.118. The van der Waals surface area contributed by atoms with E-state index in [1.165, 1.54) is 0 Å². The zero-order valence-electron chi connectivity index (χ0n) is 18.1. The highest BCUT2D eigenvalue weighted by molar-refractivity contribution is 9.10. The average molecular weight is 509 g/mol. The zero-order valence-corrected chi connectivity index (χ0v) is 19.7. The number of aromatic nitrogens is 1. The van der Waals surface area contributed by atoms with E-state index in [-0.39, 0.29) is 18.4 Å². The van der Waals surface area contributed by atoms with Crippen molar-refractivity contribution in [1.29, 1.82) is 0 Å². The maximum absolute atomic E-state index is 12.9. The number of pyridine rings is 1. The molecule has 1 aromatic heterocycles. The van der Waals surface area contributed by atoms with Crippen molar-refractivity contribution in [3.8, 4) is 5.75 Å². The second-order valence-electron chi connectivity index (χ2n) is 7.70. The van der Waals surface area contributed by atoms with Gasteiger partial charge >= 0.3 is 0 Å². The molecule has 0 saturated carbocycles. The number of hydrogen-bond donors (Lipinski definition) is 1. The number of halogens is 1. The highest BCUT2D eigenvalue weighted by Gasteiger charge is 2.21. The fourth-order valence-corrected chi connectivity index (χ4v) is 4.06. The Labute approximate surface area is 201 Å². The molecule has 0 atom stereocenters. The molecule has 1 N–H and O–H groups in total. The van der Waals surface area contributed by atoms with Crippen LogP contribution in [0.2, 0.25) is 0 Å². The zero-order chi connectivity index (χ0) is 23.0. The normalized spacial score (nSPS) is 13.8. The van der Waals surface area contributed by atoms with E-state index in [1.54, 1.807) is 18.3 Å². The van der Waals surface area contributed by atoms with Crippen molar-refractivity contribution in [2.45, 2.75) is 6.42 Å². The van der Waals surface area contributed by atoms with Crippen molar-refractivity contribution >= 4 is 39.2 Å². The van der Waals surface area contributed by atoms with Gasteiger partial charge in [0.2, 0.25) is 0 Å². The minimum Gasteiger partial charge on any atom is -0.484 e. The van der Waals surface area contributed by atoms with E-state index in [4.69, 9.17) is 4.74 Å². The van der Waals surface area contributed by atoms with Gasteiger partial charge in [-0.25, -0.2) is 4.98 Å². The first-order valence-corrected chi connectivity index (χ1v) is 11.6. The number of amides is 2. The van der Waals surface area contributed by atoms with Gasteiger partial charge in [-0.15, -0.1) is 0 Å². The predicted octanol–water partition coefficient (Wildman–Crippen LogP) is 4.21. The third-order valence-corrected chi connectivity index (χ3v) is 5.82. The second kappa shape index (κ2) is 11.0. The predicted molar refractivity (Wildman–Crippen MR) is 132 cm³/mol. The van der Waals surface area contributed by atoms with Crippen LogP contribution in [-0.2, 0) is 4.79 Å². The molecule has 0 unspecified atom stereocenters. The number of nitrogens with one attached hydrogen (secondary N) is 1. The quantitative estimate of drug-likeness (QED) is 0.539. The van der Waals surface area contributed by atoms with Crippen LogP contribution < -0.4 is 15.0 Å². The van der Waals surface area contributed by atoms with Gasteiger partial charge in [-0.05, 0) is 48.9 Å². The molecular weight excluding hydrogens is 484 g/mol. The Kier molecular flexibility index (Phi) is 7.57. The van der Waals surface area contributed by atoms with Gasteiger partial charge in [-0.3, -0.25) is 9.59 Å². The summed E-state index contributed by atoms with van der Waals surface area (Å²) in [6.45, 7) is 2.77. The summed E-state index contributed by atoms with van der Waals surface area (Å²) in [5.74, 6) is 1.27. The number of carbonyl (C=O) groups is 2. The number of benzene rings is 2. The Morgan fingerprint density at radius 3 is 2.58 bits per heavy atom. The standard InChI is InChI=1S/C25H25BrN4O3/c26-20-7-4-6-19(16-20)25(32)30-13-5-12-29(14-15-30)23-11-10-21(17-27-23)28-24(31)18-33-22-8-2-1-3-9-22/h1-4,6-11,16-17H,5,12-15,18H2,(H,28,31). The summed E-state index contributed by atoms with van der Waals surface area (Å²) in [5, 5.41) is 2.80. The molecule has 0 radical (unpaired) electrons. The molecular formula is C25H25BrN4O3. The topological polar surface area (TPSA) is 74.8 Å². The van der Waals surface area contributed by atoms with Gasteiger partial charge < -0.3 is 19.9 Å². The molecule has 33 heavy (non-hydrogen) atoms. The van der Waals surface area contributed by atoms with Crippen molar-refractivity contribution in [1.82, 2.24) is 9.88 Å². The molecule has 0 bridgehead atoms. The number of rotatable bonds is 6. The third-order valence-electron chi connectivity index (χ3n) is 5.32. The minimum atomic E-state index is -0.245. The van der Waals surface area contributed by atoms with E-state index in [1.807, 2.05) is 59.5 Å². The van der Waals surface area contributed by atoms with Crippen LogP contribution in [0.1, 0.15) is 16.8 Å². The smallest absolute Gasteiger partial charge is 0.262 e. The first kappa shape index (κ1) is 22.8. The number of carbonyl (C=O) groups excluding carboxylic acids is 2. The van der Waals surface area contributed by atoms with Crippen molar-refractivity contribution < 1.29 is 14.3 Å². The molecule has 7 nitrogen and oxygen atoms in total. The van der Waals surface area contributed by atoms with Crippen LogP contribution in [-0.4, -0.2) is 54.5 Å². The third kappa shape index (κ3) is 6.32. The maximum Gasteiger partial charge on any atom is 0.262 e. The summed E-state index contributed by atoms with van der Waals surface area (Å²) < 4.78 is 6.36. The van der Waals surface area contributed by atoms with E-state index in [2.05, 4.69) is 31.1 Å². The van der Waals surface area contributed by atoms with Gasteiger partial charge in [0.25, 0.3) is 11.8 Å².